The molecule has 0 spiro atoms. The molecule has 17 heavy (non-hydrogen) atoms. The van der Waals surface area contributed by atoms with Crippen LogP contribution in [0.1, 0.15) is 17.5 Å². The smallest absolute Gasteiger partial charge is 0.217 e. The fraction of sp³-hybridized carbons (Fsp3) is 0.200. The molecule has 0 aliphatic carbocycles. The van der Waals surface area contributed by atoms with Crippen LogP contribution in [0.15, 0.2) is 36.4 Å². The number of nitrogens with two attached hydrogens (primary N) is 1. The van der Waals surface area contributed by atoms with E-state index < -0.39 is 0 Å². The highest BCUT2D eigenvalue weighted by Gasteiger charge is 2.05. The Hall–Kier alpha value is -1.83. The monoisotopic (exact) mass is 226 g/mol. The normalized spacial score (nSPS) is 10.6. The maximum Gasteiger partial charge on any atom is 0.217 e. The van der Waals surface area contributed by atoms with Crippen molar-refractivity contribution < 1.29 is 4.79 Å². The molecule has 0 aliphatic heterocycles. The van der Waals surface area contributed by atoms with E-state index in [2.05, 4.69) is 31.2 Å². The summed E-state index contributed by atoms with van der Waals surface area (Å²) in [4.78, 5) is 10.7. The van der Waals surface area contributed by atoms with E-state index in [1.54, 1.807) is 0 Å². The molecule has 87 valence electrons. The maximum atomic E-state index is 10.7. The summed E-state index contributed by atoms with van der Waals surface area (Å²) in [5, 5.41) is 2.49. The molecule has 2 nitrogen and oxygen atoms in total. The van der Waals surface area contributed by atoms with Crippen molar-refractivity contribution in [2.45, 2.75) is 19.8 Å². The van der Waals surface area contributed by atoms with Crippen LogP contribution in [0.5, 0.6) is 0 Å². The quantitative estimate of drug-likeness (QED) is 0.855. The Morgan fingerprint density at radius 2 is 2.00 bits per heavy atom. The fourth-order valence-corrected chi connectivity index (χ4v) is 2.07. The van der Waals surface area contributed by atoms with Gasteiger partial charge < -0.3 is 5.73 Å². The minimum Gasteiger partial charge on any atom is -0.370 e. The lowest BCUT2D eigenvalue weighted by atomic mass is 9.96. The van der Waals surface area contributed by atoms with E-state index in [1.165, 1.54) is 21.9 Å². The Morgan fingerprint density at radius 3 is 2.76 bits per heavy atom. The number of fused-ring (bicyclic) bond motifs is 1. The van der Waals surface area contributed by atoms with Crippen LogP contribution in [0.2, 0.25) is 0 Å². The lowest BCUT2D eigenvalue weighted by molar-refractivity contribution is -0.117. The molecule has 2 N–H and O–H groups in total. The fourth-order valence-electron chi connectivity index (χ4n) is 2.07. The first-order valence-electron chi connectivity index (χ1n) is 5.75. The standard InChI is InChI=1S/C15H16NO/c1-11-9-10-12-5-2-3-6-14(12)13(11)7-4-8-15(16)17/h2-6,9-10H,7-8H2,1H3,(H2,16,17). The zero-order chi connectivity index (χ0) is 12.3. The van der Waals surface area contributed by atoms with Crippen molar-refractivity contribution in [3.8, 4) is 0 Å². The van der Waals surface area contributed by atoms with E-state index in [0.29, 0.717) is 6.42 Å². The van der Waals surface area contributed by atoms with Crippen LogP contribution in [0.3, 0.4) is 0 Å². The largest absolute Gasteiger partial charge is 0.370 e. The lowest BCUT2D eigenvalue weighted by Gasteiger charge is -2.09. The molecule has 0 atom stereocenters. The van der Waals surface area contributed by atoms with Gasteiger partial charge in [-0.05, 0) is 41.7 Å². The second-order valence-electron chi connectivity index (χ2n) is 4.25. The second kappa shape index (κ2) is 5.00. The number of benzene rings is 2. The molecule has 2 aromatic carbocycles. The van der Waals surface area contributed by atoms with Crippen molar-refractivity contribution in [2.75, 3.05) is 0 Å². The average Bonchev–Trinajstić information content (AvgIpc) is 2.32. The van der Waals surface area contributed by atoms with E-state index in [-0.39, 0.29) is 5.91 Å². The van der Waals surface area contributed by atoms with Gasteiger partial charge in [0.05, 0.1) is 0 Å². The van der Waals surface area contributed by atoms with Gasteiger partial charge >= 0.3 is 0 Å². The van der Waals surface area contributed by atoms with Gasteiger partial charge in [0.15, 0.2) is 0 Å². The first kappa shape index (κ1) is 11.6. The predicted molar refractivity (Wildman–Crippen MR) is 70.5 cm³/mol. The van der Waals surface area contributed by atoms with Gasteiger partial charge in [-0.15, -0.1) is 0 Å². The van der Waals surface area contributed by atoms with Gasteiger partial charge in [-0.25, -0.2) is 0 Å². The zero-order valence-corrected chi connectivity index (χ0v) is 9.94. The molecule has 0 aliphatic rings. The molecule has 0 bridgehead atoms. The van der Waals surface area contributed by atoms with E-state index in [9.17, 15) is 4.79 Å². The number of carbonyl (C=O) groups excluding carboxylic acids is 1. The molecule has 2 aromatic rings. The highest BCUT2D eigenvalue weighted by Crippen LogP contribution is 2.23. The summed E-state index contributed by atoms with van der Waals surface area (Å²) in [6.07, 6.45) is 3.07. The van der Waals surface area contributed by atoms with Crippen molar-refractivity contribution in [1.82, 2.24) is 0 Å². The van der Waals surface area contributed by atoms with Crippen molar-refractivity contribution in [3.05, 3.63) is 53.9 Å². The van der Waals surface area contributed by atoms with Gasteiger partial charge in [0, 0.05) is 6.42 Å². The van der Waals surface area contributed by atoms with Crippen LogP contribution in [-0.2, 0) is 11.2 Å². The zero-order valence-electron chi connectivity index (χ0n) is 9.94. The highest BCUT2D eigenvalue weighted by molar-refractivity contribution is 5.87. The molecular formula is C15H16NO. The van der Waals surface area contributed by atoms with E-state index in [1.807, 2.05) is 18.6 Å². The first-order valence-corrected chi connectivity index (χ1v) is 5.75. The van der Waals surface area contributed by atoms with Gasteiger partial charge in [-0.3, -0.25) is 4.79 Å². The predicted octanol–water partition coefficient (Wildman–Crippen LogP) is 2.77. The Labute approximate surface area is 101 Å². The molecule has 0 saturated carbocycles. The third-order valence-corrected chi connectivity index (χ3v) is 2.97. The van der Waals surface area contributed by atoms with Gasteiger partial charge in [0.25, 0.3) is 0 Å². The topological polar surface area (TPSA) is 43.1 Å². The summed E-state index contributed by atoms with van der Waals surface area (Å²) in [6.45, 7) is 2.10. The Balaban J connectivity index is 2.31. The minimum absolute atomic E-state index is 0.275. The molecule has 0 heterocycles. The van der Waals surface area contributed by atoms with Gasteiger partial charge in [0.1, 0.15) is 0 Å². The summed E-state index contributed by atoms with van der Waals surface area (Å²) in [7, 11) is 0. The molecular weight excluding hydrogens is 210 g/mol. The third-order valence-electron chi connectivity index (χ3n) is 2.97. The van der Waals surface area contributed by atoms with Crippen LogP contribution in [0.25, 0.3) is 10.8 Å². The number of amides is 1. The maximum absolute atomic E-state index is 10.7. The number of primary amides is 1. The molecule has 0 unspecified atom stereocenters. The summed E-state index contributed by atoms with van der Waals surface area (Å²) >= 11 is 0. The van der Waals surface area contributed by atoms with Crippen molar-refractivity contribution >= 4 is 16.7 Å². The van der Waals surface area contributed by atoms with Crippen LogP contribution in [-0.4, -0.2) is 5.91 Å². The Morgan fingerprint density at radius 1 is 1.24 bits per heavy atom. The van der Waals surface area contributed by atoms with Crippen molar-refractivity contribution in [2.24, 2.45) is 5.73 Å². The number of aryl methyl sites for hydroxylation is 1. The molecule has 2 heteroatoms. The van der Waals surface area contributed by atoms with Crippen molar-refractivity contribution in [3.63, 3.8) is 0 Å². The number of rotatable bonds is 4. The minimum atomic E-state index is -0.275. The molecule has 1 amide bonds. The molecule has 2 rings (SSSR count). The molecule has 0 aromatic heterocycles. The summed E-state index contributed by atoms with van der Waals surface area (Å²) in [6, 6.07) is 12.5. The van der Waals surface area contributed by atoms with Gasteiger partial charge in [-0.1, -0.05) is 36.4 Å². The lowest BCUT2D eigenvalue weighted by Crippen LogP contribution is -2.10. The molecule has 1 radical (unpaired) electrons. The first-order chi connectivity index (χ1) is 8.18. The summed E-state index contributed by atoms with van der Waals surface area (Å²) in [5.74, 6) is -0.275. The third kappa shape index (κ3) is 2.64. The van der Waals surface area contributed by atoms with Crippen LogP contribution < -0.4 is 5.73 Å². The number of hydrogen-bond acceptors (Lipinski definition) is 1. The Bertz CT molecular complexity index is 546. The Kier molecular flexibility index (Phi) is 3.43. The highest BCUT2D eigenvalue weighted by atomic mass is 16.1. The number of carbonyl (C=O) groups is 1. The van der Waals surface area contributed by atoms with E-state index in [0.717, 1.165) is 6.42 Å². The summed E-state index contributed by atoms with van der Waals surface area (Å²) < 4.78 is 0. The second-order valence-corrected chi connectivity index (χ2v) is 4.25. The average molecular weight is 226 g/mol. The van der Waals surface area contributed by atoms with Crippen LogP contribution in [0, 0.1) is 13.3 Å². The van der Waals surface area contributed by atoms with E-state index >= 15 is 0 Å². The number of hydrogen-bond donors (Lipinski definition) is 1. The van der Waals surface area contributed by atoms with E-state index in [4.69, 9.17) is 5.73 Å². The molecule has 0 fully saturated rings. The van der Waals surface area contributed by atoms with Crippen LogP contribution in [0.4, 0.5) is 0 Å². The van der Waals surface area contributed by atoms with Gasteiger partial charge in [0.2, 0.25) is 5.91 Å². The van der Waals surface area contributed by atoms with Gasteiger partial charge in [-0.2, -0.15) is 0 Å². The molecule has 0 saturated heterocycles. The van der Waals surface area contributed by atoms with Crippen molar-refractivity contribution in [1.29, 1.82) is 0 Å². The SMILES string of the molecule is Cc1ccc2ccccc2c1C[CH]CC(N)=O. The van der Waals surface area contributed by atoms with Crippen LogP contribution >= 0.6 is 0 Å². The summed E-state index contributed by atoms with van der Waals surface area (Å²) in [5.41, 5.74) is 7.67.